The molecule has 6 heteroatoms. The molecule has 1 aliphatic heterocycles. The monoisotopic (exact) mass is 296 g/mol. The highest BCUT2D eigenvalue weighted by molar-refractivity contribution is 7.09. The van der Waals surface area contributed by atoms with Crippen LogP contribution >= 0.6 is 23.7 Å². The molecule has 2 aromatic rings. The summed E-state index contributed by atoms with van der Waals surface area (Å²) in [4.78, 5) is 12.1. The van der Waals surface area contributed by atoms with Gasteiger partial charge in [-0.2, -0.15) is 0 Å². The van der Waals surface area contributed by atoms with Gasteiger partial charge in [-0.15, -0.1) is 23.7 Å². The van der Waals surface area contributed by atoms with E-state index in [1.807, 2.05) is 24.1 Å². The summed E-state index contributed by atoms with van der Waals surface area (Å²) in [5, 5.41) is 3.47. The van der Waals surface area contributed by atoms with Crippen LogP contribution in [0.15, 0.2) is 36.2 Å². The second kappa shape index (κ2) is 6.96. The van der Waals surface area contributed by atoms with Crippen molar-refractivity contribution in [3.8, 4) is 0 Å². The molecule has 0 aliphatic carbocycles. The van der Waals surface area contributed by atoms with Crippen LogP contribution in [0.1, 0.15) is 16.5 Å². The predicted octanol–water partition coefficient (Wildman–Crippen LogP) is 2.11. The summed E-state index contributed by atoms with van der Waals surface area (Å²) in [6.45, 7) is 4.12. The largest absolute Gasteiger partial charge is 0.314 e. The van der Waals surface area contributed by atoms with Crippen LogP contribution in [0, 0.1) is 0 Å². The summed E-state index contributed by atoms with van der Waals surface area (Å²) in [6, 6.07) is 4.65. The third-order valence-electron chi connectivity index (χ3n) is 3.29. The van der Waals surface area contributed by atoms with E-state index in [0.717, 1.165) is 26.2 Å². The van der Waals surface area contributed by atoms with Gasteiger partial charge in [0.25, 0.3) is 0 Å². The zero-order valence-corrected chi connectivity index (χ0v) is 12.2. The number of hydrogen-bond acceptors (Lipinski definition) is 5. The molecule has 0 aromatic carbocycles. The molecule has 1 N–H and O–H groups in total. The lowest BCUT2D eigenvalue weighted by Gasteiger charge is -2.36. The lowest BCUT2D eigenvalue weighted by atomic mass is 10.0. The minimum atomic E-state index is 0. The first-order valence-corrected chi connectivity index (χ1v) is 7.03. The van der Waals surface area contributed by atoms with E-state index >= 15 is 0 Å². The summed E-state index contributed by atoms with van der Waals surface area (Å²) in [5.74, 6) is 0. The van der Waals surface area contributed by atoms with Crippen molar-refractivity contribution in [1.82, 2.24) is 20.2 Å². The van der Waals surface area contributed by atoms with Crippen LogP contribution < -0.4 is 5.32 Å². The zero-order chi connectivity index (χ0) is 12.2. The Morgan fingerprint density at radius 1 is 1.32 bits per heavy atom. The van der Waals surface area contributed by atoms with Gasteiger partial charge >= 0.3 is 0 Å². The third kappa shape index (κ3) is 3.51. The van der Waals surface area contributed by atoms with Crippen LogP contribution in [-0.4, -0.2) is 34.5 Å². The van der Waals surface area contributed by atoms with Crippen LogP contribution in [0.3, 0.4) is 0 Å². The van der Waals surface area contributed by atoms with Gasteiger partial charge in [-0.25, -0.2) is 0 Å². The Kier molecular flexibility index (Phi) is 5.27. The molecular formula is C13H17ClN4S. The second-order valence-electron chi connectivity index (χ2n) is 4.44. The van der Waals surface area contributed by atoms with Crippen LogP contribution in [0.2, 0.25) is 0 Å². The van der Waals surface area contributed by atoms with E-state index in [2.05, 4.69) is 32.3 Å². The summed E-state index contributed by atoms with van der Waals surface area (Å²) >= 11 is 1.73. The number of hydrogen-bond donors (Lipinski definition) is 1. The van der Waals surface area contributed by atoms with Gasteiger partial charge in [-0.3, -0.25) is 14.9 Å². The van der Waals surface area contributed by atoms with Gasteiger partial charge in [-0.05, 0) is 17.7 Å². The van der Waals surface area contributed by atoms with Gasteiger partial charge in [0.2, 0.25) is 0 Å². The number of pyridine rings is 1. The Morgan fingerprint density at radius 3 is 2.89 bits per heavy atom. The first-order valence-electron chi connectivity index (χ1n) is 6.15. The molecule has 0 bridgehead atoms. The number of thiazole rings is 1. The van der Waals surface area contributed by atoms with Crippen molar-refractivity contribution in [3.05, 3.63) is 46.7 Å². The van der Waals surface area contributed by atoms with Gasteiger partial charge in [-0.1, -0.05) is 0 Å². The van der Waals surface area contributed by atoms with Crippen molar-refractivity contribution >= 4 is 23.7 Å². The lowest BCUT2D eigenvalue weighted by Crippen LogP contribution is -2.45. The van der Waals surface area contributed by atoms with E-state index in [4.69, 9.17) is 0 Å². The first-order chi connectivity index (χ1) is 8.93. The number of halogens is 1. The van der Waals surface area contributed by atoms with Gasteiger partial charge in [0.15, 0.2) is 0 Å². The van der Waals surface area contributed by atoms with Crippen molar-refractivity contribution in [1.29, 1.82) is 0 Å². The molecule has 3 heterocycles. The number of piperazine rings is 1. The second-order valence-corrected chi connectivity index (χ2v) is 5.41. The summed E-state index contributed by atoms with van der Waals surface area (Å²) in [7, 11) is 0. The molecule has 19 heavy (non-hydrogen) atoms. The van der Waals surface area contributed by atoms with Crippen LogP contribution in [0.25, 0.3) is 0 Å². The Bertz CT molecular complexity index is 477. The molecular weight excluding hydrogens is 280 g/mol. The van der Waals surface area contributed by atoms with E-state index < -0.39 is 0 Å². The summed E-state index contributed by atoms with van der Waals surface area (Å²) < 4.78 is 0. The quantitative estimate of drug-likeness (QED) is 0.942. The van der Waals surface area contributed by atoms with E-state index in [1.54, 1.807) is 11.3 Å². The number of nitrogens with one attached hydrogen (secondary N) is 1. The fraction of sp³-hybridized carbons (Fsp3) is 0.385. The minimum absolute atomic E-state index is 0. The van der Waals surface area contributed by atoms with E-state index in [1.165, 1.54) is 10.4 Å². The average Bonchev–Trinajstić information content (AvgIpc) is 2.93. The molecule has 1 unspecified atom stereocenters. The Morgan fingerprint density at radius 2 is 2.16 bits per heavy atom. The number of rotatable bonds is 3. The molecule has 1 atom stereocenters. The third-order valence-corrected chi connectivity index (χ3v) is 4.05. The maximum atomic E-state index is 4.15. The standard InChI is InChI=1S/C13H16N4S.ClH/c1-3-14-4-2-11(1)13-8-15-5-6-17(13)9-12-7-16-10-18-12;/h1-4,7,10,13,15H,5-6,8-9H2;1H. The van der Waals surface area contributed by atoms with Crippen molar-refractivity contribution < 1.29 is 0 Å². The molecule has 0 amide bonds. The number of aromatic nitrogens is 2. The fourth-order valence-electron chi connectivity index (χ4n) is 2.37. The topological polar surface area (TPSA) is 41.0 Å². The van der Waals surface area contributed by atoms with Crippen molar-refractivity contribution in [2.75, 3.05) is 19.6 Å². The van der Waals surface area contributed by atoms with Crippen LogP contribution in [0.5, 0.6) is 0 Å². The molecule has 1 saturated heterocycles. The molecule has 3 rings (SSSR count). The highest BCUT2D eigenvalue weighted by atomic mass is 35.5. The van der Waals surface area contributed by atoms with Crippen LogP contribution in [-0.2, 0) is 6.54 Å². The van der Waals surface area contributed by atoms with Crippen molar-refractivity contribution in [3.63, 3.8) is 0 Å². The molecule has 0 radical (unpaired) electrons. The molecule has 2 aromatic heterocycles. The van der Waals surface area contributed by atoms with Gasteiger partial charge in [0.05, 0.1) is 5.51 Å². The highest BCUT2D eigenvalue weighted by Crippen LogP contribution is 2.24. The number of nitrogens with zero attached hydrogens (tertiary/aromatic N) is 3. The average molecular weight is 297 g/mol. The van der Waals surface area contributed by atoms with Crippen LogP contribution in [0.4, 0.5) is 0 Å². The highest BCUT2D eigenvalue weighted by Gasteiger charge is 2.23. The summed E-state index contributed by atoms with van der Waals surface area (Å²) in [6.07, 6.45) is 5.71. The Hall–Kier alpha value is -1.01. The fourth-order valence-corrected chi connectivity index (χ4v) is 2.99. The minimum Gasteiger partial charge on any atom is -0.314 e. The first kappa shape index (κ1) is 14.4. The van der Waals surface area contributed by atoms with E-state index in [9.17, 15) is 0 Å². The van der Waals surface area contributed by atoms with E-state index in [-0.39, 0.29) is 12.4 Å². The normalized spacial score (nSPS) is 19.9. The van der Waals surface area contributed by atoms with Gasteiger partial charge in [0.1, 0.15) is 0 Å². The Balaban J connectivity index is 0.00000133. The molecule has 1 fully saturated rings. The van der Waals surface area contributed by atoms with E-state index in [0.29, 0.717) is 6.04 Å². The predicted molar refractivity (Wildman–Crippen MR) is 79.6 cm³/mol. The molecule has 1 aliphatic rings. The molecule has 102 valence electrons. The lowest BCUT2D eigenvalue weighted by molar-refractivity contribution is 0.155. The maximum absolute atomic E-state index is 4.15. The smallest absolute Gasteiger partial charge is 0.0794 e. The summed E-state index contributed by atoms with van der Waals surface area (Å²) in [5.41, 5.74) is 3.24. The molecule has 4 nitrogen and oxygen atoms in total. The Labute approximate surface area is 123 Å². The van der Waals surface area contributed by atoms with Crippen molar-refractivity contribution in [2.24, 2.45) is 0 Å². The van der Waals surface area contributed by atoms with Gasteiger partial charge in [0, 0.05) is 55.7 Å². The molecule has 0 spiro atoms. The van der Waals surface area contributed by atoms with Crippen molar-refractivity contribution in [2.45, 2.75) is 12.6 Å². The zero-order valence-electron chi connectivity index (χ0n) is 10.5. The maximum Gasteiger partial charge on any atom is 0.0794 e. The SMILES string of the molecule is Cl.c1cc(C2CNCCN2Cc2cncs2)ccn1. The van der Waals surface area contributed by atoms with Gasteiger partial charge < -0.3 is 5.32 Å². The molecule has 0 saturated carbocycles.